The summed E-state index contributed by atoms with van der Waals surface area (Å²) in [7, 11) is 2.05. The number of nitrogens with one attached hydrogen (secondary N) is 1. The summed E-state index contributed by atoms with van der Waals surface area (Å²) in [6.07, 6.45) is 1.83. The number of aryl methyl sites for hydroxylation is 1. The first-order chi connectivity index (χ1) is 10.8. The second-order valence-corrected chi connectivity index (χ2v) is 7.18. The molecule has 1 unspecified atom stereocenters. The van der Waals surface area contributed by atoms with Gasteiger partial charge in [0.15, 0.2) is 0 Å². The molecule has 2 heterocycles. The highest BCUT2D eigenvalue weighted by atomic mass is 16.6. The molecule has 1 aromatic carbocycles. The van der Waals surface area contributed by atoms with Crippen molar-refractivity contribution < 1.29 is 9.53 Å². The van der Waals surface area contributed by atoms with Crippen LogP contribution in [0.1, 0.15) is 32.4 Å². The number of piperazine rings is 1. The third kappa shape index (κ3) is 3.50. The number of hydrogen-bond acceptors (Lipinski definition) is 3. The highest BCUT2D eigenvalue weighted by Crippen LogP contribution is 2.24. The lowest BCUT2D eigenvalue weighted by molar-refractivity contribution is 0.0195. The van der Waals surface area contributed by atoms with Crippen LogP contribution in [0, 0.1) is 0 Å². The van der Waals surface area contributed by atoms with Crippen molar-refractivity contribution in [3.05, 3.63) is 36.0 Å². The molecule has 1 aromatic heterocycles. The summed E-state index contributed by atoms with van der Waals surface area (Å²) < 4.78 is 7.60. The SMILES string of the molecule is Cn1ccc2cc(C3CN(C(=O)OC(C)(C)C)CCN3)ccc21. The van der Waals surface area contributed by atoms with E-state index in [9.17, 15) is 4.79 Å². The van der Waals surface area contributed by atoms with Crippen LogP contribution in [0.2, 0.25) is 0 Å². The summed E-state index contributed by atoms with van der Waals surface area (Å²) in [6, 6.07) is 8.73. The Hall–Kier alpha value is -2.01. The minimum absolute atomic E-state index is 0.140. The Kier molecular flexibility index (Phi) is 4.06. The number of nitrogens with zero attached hydrogens (tertiary/aromatic N) is 2. The van der Waals surface area contributed by atoms with Gasteiger partial charge in [0.1, 0.15) is 5.60 Å². The van der Waals surface area contributed by atoms with E-state index in [1.807, 2.05) is 27.8 Å². The Balaban J connectivity index is 1.75. The first-order valence-corrected chi connectivity index (χ1v) is 8.10. The van der Waals surface area contributed by atoms with E-state index in [0.717, 1.165) is 6.54 Å². The fourth-order valence-corrected chi connectivity index (χ4v) is 2.98. The zero-order valence-corrected chi connectivity index (χ0v) is 14.3. The molecule has 1 aliphatic heterocycles. The van der Waals surface area contributed by atoms with Crippen molar-refractivity contribution in [1.82, 2.24) is 14.8 Å². The van der Waals surface area contributed by atoms with E-state index in [4.69, 9.17) is 4.74 Å². The van der Waals surface area contributed by atoms with Crippen molar-refractivity contribution >= 4 is 17.0 Å². The maximum atomic E-state index is 12.3. The van der Waals surface area contributed by atoms with Crippen LogP contribution in [0.4, 0.5) is 4.79 Å². The highest BCUT2D eigenvalue weighted by Gasteiger charge is 2.28. The summed E-state index contributed by atoms with van der Waals surface area (Å²) in [5, 5.41) is 4.72. The average molecular weight is 315 g/mol. The highest BCUT2D eigenvalue weighted by molar-refractivity contribution is 5.81. The molecular weight excluding hydrogens is 290 g/mol. The van der Waals surface area contributed by atoms with Gasteiger partial charge in [-0.15, -0.1) is 0 Å². The van der Waals surface area contributed by atoms with E-state index in [-0.39, 0.29) is 12.1 Å². The van der Waals surface area contributed by atoms with Crippen molar-refractivity contribution in [3.8, 4) is 0 Å². The molecule has 23 heavy (non-hydrogen) atoms. The van der Waals surface area contributed by atoms with E-state index in [1.165, 1.54) is 16.5 Å². The summed E-state index contributed by atoms with van der Waals surface area (Å²) in [4.78, 5) is 14.1. The molecule has 1 amide bonds. The third-order valence-corrected chi connectivity index (χ3v) is 4.14. The lowest BCUT2D eigenvalue weighted by Crippen LogP contribution is -2.49. The predicted octanol–water partition coefficient (Wildman–Crippen LogP) is 3.06. The number of fused-ring (bicyclic) bond motifs is 1. The number of ether oxygens (including phenoxy) is 1. The van der Waals surface area contributed by atoms with Crippen LogP contribution < -0.4 is 5.32 Å². The van der Waals surface area contributed by atoms with Crippen molar-refractivity contribution in [2.75, 3.05) is 19.6 Å². The molecule has 5 nitrogen and oxygen atoms in total. The van der Waals surface area contributed by atoms with Gasteiger partial charge in [0.25, 0.3) is 0 Å². The van der Waals surface area contributed by atoms with Crippen LogP contribution in [0.25, 0.3) is 10.9 Å². The van der Waals surface area contributed by atoms with Crippen LogP contribution in [-0.2, 0) is 11.8 Å². The number of rotatable bonds is 1. The fraction of sp³-hybridized carbons (Fsp3) is 0.500. The minimum Gasteiger partial charge on any atom is -0.444 e. The second-order valence-electron chi connectivity index (χ2n) is 7.18. The van der Waals surface area contributed by atoms with Gasteiger partial charge in [-0.2, -0.15) is 0 Å². The van der Waals surface area contributed by atoms with E-state index < -0.39 is 5.60 Å². The number of hydrogen-bond donors (Lipinski definition) is 1. The first-order valence-electron chi connectivity index (χ1n) is 8.10. The molecule has 1 fully saturated rings. The molecule has 1 atom stereocenters. The number of aromatic nitrogens is 1. The lowest BCUT2D eigenvalue weighted by atomic mass is 10.0. The van der Waals surface area contributed by atoms with Gasteiger partial charge in [0, 0.05) is 38.4 Å². The van der Waals surface area contributed by atoms with Crippen LogP contribution in [0.3, 0.4) is 0 Å². The van der Waals surface area contributed by atoms with Crippen LogP contribution in [0.5, 0.6) is 0 Å². The normalized spacial score (nSPS) is 19.1. The van der Waals surface area contributed by atoms with Crippen molar-refractivity contribution in [2.45, 2.75) is 32.4 Å². The standard InChI is InChI=1S/C18H25N3O2/c1-18(2,3)23-17(22)21-10-8-19-15(12-21)13-5-6-16-14(11-13)7-9-20(16)4/h5-7,9,11,15,19H,8,10,12H2,1-4H3. The predicted molar refractivity (Wildman–Crippen MR) is 91.5 cm³/mol. The molecule has 1 N–H and O–H groups in total. The fourth-order valence-electron chi connectivity index (χ4n) is 2.98. The number of amides is 1. The largest absolute Gasteiger partial charge is 0.444 e. The molecule has 5 heteroatoms. The third-order valence-electron chi connectivity index (χ3n) is 4.14. The van der Waals surface area contributed by atoms with Gasteiger partial charge in [0.05, 0.1) is 6.04 Å². The van der Waals surface area contributed by atoms with E-state index in [1.54, 1.807) is 4.90 Å². The molecule has 0 spiro atoms. The summed E-state index contributed by atoms with van der Waals surface area (Å²) in [5.41, 5.74) is 1.96. The van der Waals surface area contributed by atoms with E-state index in [2.05, 4.69) is 40.3 Å². The summed E-state index contributed by atoms with van der Waals surface area (Å²) in [6.45, 7) is 7.78. The second kappa shape index (κ2) is 5.89. The Morgan fingerprint density at radius 3 is 2.83 bits per heavy atom. The molecule has 0 saturated carbocycles. The van der Waals surface area contributed by atoms with Crippen molar-refractivity contribution in [1.29, 1.82) is 0 Å². The molecule has 3 rings (SSSR count). The maximum absolute atomic E-state index is 12.3. The first kappa shape index (κ1) is 15.9. The van der Waals surface area contributed by atoms with Crippen molar-refractivity contribution in [2.24, 2.45) is 7.05 Å². The van der Waals surface area contributed by atoms with Crippen LogP contribution >= 0.6 is 0 Å². The van der Waals surface area contributed by atoms with Crippen LogP contribution in [0.15, 0.2) is 30.5 Å². The number of carbonyl (C=O) groups is 1. The van der Waals surface area contributed by atoms with E-state index >= 15 is 0 Å². The Bertz CT molecular complexity index is 715. The van der Waals surface area contributed by atoms with Gasteiger partial charge < -0.3 is 19.5 Å². The molecule has 1 aliphatic rings. The summed E-state index contributed by atoms with van der Waals surface area (Å²) in [5.74, 6) is 0. The van der Waals surface area contributed by atoms with Gasteiger partial charge in [-0.1, -0.05) is 6.07 Å². The van der Waals surface area contributed by atoms with Gasteiger partial charge >= 0.3 is 6.09 Å². The molecule has 124 valence electrons. The van der Waals surface area contributed by atoms with Gasteiger partial charge in [0.2, 0.25) is 0 Å². The Morgan fingerprint density at radius 2 is 2.09 bits per heavy atom. The zero-order valence-electron chi connectivity index (χ0n) is 14.3. The quantitative estimate of drug-likeness (QED) is 0.880. The van der Waals surface area contributed by atoms with Gasteiger partial charge in [-0.3, -0.25) is 0 Å². The molecule has 0 radical (unpaired) electrons. The minimum atomic E-state index is -0.458. The smallest absolute Gasteiger partial charge is 0.410 e. The van der Waals surface area contributed by atoms with E-state index in [0.29, 0.717) is 13.1 Å². The molecular formula is C18H25N3O2. The monoisotopic (exact) mass is 315 g/mol. The van der Waals surface area contributed by atoms with Crippen LogP contribution in [-0.4, -0.2) is 40.8 Å². The average Bonchev–Trinajstić information content (AvgIpc) is 2.87. The molecule has 2 aromatic rings. The van der Waals surface area contributed by atoms with Gasteiger partial charge in [-0.05, 0) is 49.9 Å². The van der Waals surface area contributed by atoms with Crippen molar-refractivity contribution in [3.63, 3.8) is 0 Å². The Labute approximate surface area is 137 Å². The Morgan fingerprint density at radius 1 is 1.30 bits per heavy atom. The number of benzene rings is 1. The molecule has 1 saturated heterocycles. The number of carbonyl (C=O) groups excluding carboxylic acids is 1. The molecule has 0 aliphatic carbocycles. The maximum Gasteiger partial charge on any atom is 0.410 e. The lowest BCUT2D eigenvalue weighted by Gasteiger charge is -2.35. The van der Waals surface area contributed by atoms with Gasteiger partial charge in [-0.25, -0.2) is 4.79 Å². The topological polar surface area (TPSA) is 46.5 Å². The molecule has 0 bridgehead atoms. The summed E-state index contributed by atoms with van der Waals surface area (Å²) >= 11 is 0. The zero-order chi connectivity index (χ0) is 16.6.